The monoisotopic (exact) mass is 455 g/mol. The summed E-state index contributed by atoms with van der Waals surface area (Å²) in [6, 6.07) is 14.8. The molecule has 1 N–H and O–H groups in total. The summed E-state index contributed by atoms with van der Waals surface area (Å²) in [4.78, 5) is 12.3. The van der Waals surface area contributed by atoms with E-state index in [4.69, 9.17) is 23.2 Å². The lowest BCUT2D eigenvalue weighted by Crippen LogP contribution is -2.22. The molecule has 0 fully saturated rings. The summed E-state index contributed by atoms with van der Waals surface area (Å²) in [5, 5.41) is 12.2. The van der Waals surface area contributed by atoms with E-state index in [1.165, 1.54) is 28.7 Å². The number of thioether (sulfide) groups is 2. The Kier molecular flexibility index (Phi) is 7.43. The van der Waals surface area contributed by atoms with E-state index in [0.717, 1.165) is 19.5 Å². The molecule has 0 aliphatic carbocycles. The topological polar surface area (TPSA) is 54.9 Å². The van der Waals surface area contributed by atoms with Crippen molar-refractivity contribution in [3.05, 3.63) is 64.1 Å². The van der Waals surface area contributed by atoms with Crippen molar-refractivity contribution in [2.75, 3.05) is 5.32 Å². The van der Waals surface area contributed by atoms with Gasteiger partial charge >= 0.3 is 0 Å². The zero-order chi connectivity index (χ0) is 19.2. The molecule has 1 atom stereocenters. The predicted octanol–water partition coefficient (Wildman–Crippen LogP) is 6.26. The van der Waals surface area contributed by atoms with E-state index in [1.807, 2.05) is 31.2 Å². The van der Waals surface area contributed by atoms with Crippen molar-refractivity contribution in [1.29, 1.82) is 0 Å². The number of rotatable bonds is 7. The lowest BCUT2D eigenvalue weighted by Gasteiger charge is -2.10. The number of nitrogens with zero attached hydrogens (tertiary/aromatic N) is 2. The fraction of sp³-hybridized carbons (Fsp3) is 0.167. The average molecular weight is 456 g/mol. The third kappa shape index (κ3) is 6.40. The number of amides is 1. The average Bonchev–Trinajstić information content (AvgIpc) is 3.08. The Morgan fingerprint density at radius 3 is 2.59 bits per heavy atom. The van der Waals surface area contributed by atoms with Gasteiger partial charge < -0.3 is 5.32 Å². The number of benzene rings is 2. The van der Waals surface area contributed by atoms with Crippen molar-refractivity contribution in [2.24, 2.45) is 0 Å². The zero-order valence-electron chi connectivity index (χ0n) is 14.2. The minimum atomic E-state index is -0.300. The number of anilines is 1. The molecule has 27 heavy (non-hydrogen) atoms. The normalized spacial score (nSPS) is 12.0. The minimum Gasteiger partial charge on any atom is -0.325 e. The van der Waals surface area contributed by atoms with Gasteiger partial charge in [0.25, 0.3) is 0 Å². The lowest BCUT2D eigenvalue weighted by molar-refractivity contribution is -0.115. The molecule has 1 heterocycles. The molecule has 0 radical (unpaired) electrons. The van der Waals surface area contributed by atoms with Crippen LogP contribution in [-0.4, -0.2) is 21.4 Å². The lowest BCUT2D eigenvalue weighted by atomic mass is 10.2. The maximum Gasteiger partial charge on any atom is 0.237 e. The van der Waals surface area contributed by atoms with Crippen LogP contribution in [0.15, 0.2) is 57.2 Å². The molecule has 0 saturated heterocycles. The molecule has 1 aromatic heterocycles. The van der Waals surface area contributed by atoms with Gasteiger partial charge in [0.05, 0.1) is 5.25 Å². The van der Waals surface area contributed by atoms with Crippen molar-refractivity contribution < 1.29 is 4.79 Å². The molecule has 4 nitrogen and oxygen atoms in total. The summed E-state index contributed by atoms with van der Waals surface area (Å²) >= 11 is 16.3. The Morgan fingerprint density at radius 2 is 1.85 bits per heavy atom. The smallest absolute Gasteiger partial charge is 0.237 e. The van der Waals surface area contributed by atoms with Gasteiger partial charge in [0, 0.05) is 21.5 Å². The summed E-state index contributed by atoms with van der Waals surface area (Å²) in [5.74, 6) is 0.689. The van der Waals surface area contributed by atoms with Crippen molar-refractivity contribution in [1.82, 2.24) is 10.2 Å². The maximum absolute atomic E-state index is 12.3. The molecule has 9 heteroatoms. The Balaban J connectivity index is 1.51. The van der Waals surface area contributed by atoms with Gasteiger partial charge in [-0.1, -0.05) is 76.3 Å². The standard InChI is InChI=1S/C18H15Cl2N3OS3/c1-11(16(24)21-15-4-2-3-14(20)9-15)26-18-23-22-17(27-18)25-10-12-5-7-13(19)8-6-12/h2-9,11H,10H2,1H3,(H,21,24). The molecule has 3 aromatic rings. The third-order valence-corrected chi connectivity index (χ3v) is 7.20. The largest absolute Gasteiger partial charge is 0.325 e. The number of carbonyl (C=O) groups is 1. The van der Waals surface area contributed by atoms with Crippen LogP contribution >= 0.6 is 58.1 Å². The molecule has 0 aliphatic heterocycles. The molecule has 1 amide bonds. The SMILES string of the molecule is CC(Sc1nnc(SCc2ccc(Cl)cc2)s1)C(=O)Nc1cccc(Cl)c1. The van der Waals surface area contributed by atoms with Crippen LogP contribution in [0.5, 0.6) is 0 Å². The predicted molar refractivity (Wildman–Crippen MR) is 116 cm³/mol. The summed E-state index contributed by atoms with van der Waals surface area (Å²) in [6.07, 6.45) is 0. The summed E-state index contributed by atoms with van der Waals surface area (Å²) in [6.45, 7) is 1.84. The van der Waals surface area contributed by atoms with Crippen molar-refractivity contribution >= 4 is 69.7 Å². The first-order valence-electron chi connectivity index (χ1n) is 7.93. The molecule has 0 saturated carbocycles. The zero-order valence-corrected chi connectivity index (χ0v) is 18.1. The quantitative estimate of drug-likeness (QED) is 0.426. The maximum atomic E-state index is 12.3. The molecule has 2 aromatic carbocycles. The highest BCUT2D eigenvalue weighted by molar-refractivity contribution is 8.03. The van der Waals surface area contributed by atoms with Crippen LogP contribution in [-0.2, 0) is 10.5 Å². The van der Waals surface area contributed by atoms with E-state index < -0.39 is 0 Å². The number of hydrogen-bond acceptors (Lipinski definition) is 6. The highest BCUT2D eigenvalue weighted by Crippen LogP contribution is 2.33. The number of carbonyl (C=O) groups excluding carboxylic acids is 1. The molecule has 140 valence electrons. The van der Waals surface area contributed by atoms with Crippen LogP contribution in [0.1, 0.15) is 12.5 Å². The van der Waals surface area contributed by atoms with Gasteiger partial charge in [0.2, 0.25) is 5.91 Å². The van der Waals surface area contributed by atoms with Crippen molar-refractivity contribution in [3.63, 3.8) is 0 Å². The van der Waals surface area contributed by atoms with E-state index in [2.05, 4.69) is 15.5 Å². The van der Waals surface area contributed by atoms with Gasteiger partial charge in [0.1, 0.15) is 0 Å². The van der Waals surface area contributed by atoms with E-state index >= 15 is 0 Å². The second kappa shape index (κ2) is 9.80. The Morgan fingerprint density at radius 1 is 1.11 bits per heavy atom. The number of hydrogen-bond donors (Lipinski definition) is 1. The summed E-state index contributed by atoms with van der Waals surface area (Å²) < 4.78 is 1.64. The Labute approximate surface area is 180 Å². The fourth-order valence-electron chi connectivity index (χ4n) is 2.04. The van der Waals surface area contributed by atoms with Crippen LogP contribution in [0.4, 0.5) is 5.69 Å². The summed E-state index contributed by atoms with van der Waals surface area (Å²) in [5.41, 5.74) is 1.85. The fourth-order valence-corrected chi connectivity index (χ4v) is 5.48. The van der Waals surface area contributed by atoms with Gasteiger partial charge in [-0.05, 0) is 42.8 Å². The van der Waals surface area contributed by atoms with Crippen molar-refractivity contribution in [3.8, 4) is 0 Å². The van der Waals surface area contributed by atoms with Gasteiger partial charge in [0.15, 0.2) is 8.68 Å². The molecule has 0 bridgehead atoms. The summed E-state index contributed by atoms with van der Waals surface area (Å²) in [7, 11) is 0. The van der Waals surface area contributed by atoms with Crippen LogP contribution in [0, 0.1) is 0 Å². The first-order chi connectivity index (χ1) is 13.0. The second-order valence-electron chi connectivity index (χ2n) is 5.51. The highest BCUT2D eigenvalue weighted by Gasteiger charge is 2.17. The van der Waals surface area contributed by atoms with Crippen LogP contribution in [0.2, 0.25) is 10.0 Å². The van der Waals surface area contributed by atoms with Gasteiger partial charge in [-0.15, -0.1) is 10.2 Å². The van der Waals surface area contributed by atoms with E-state index in [1.54, 1.807) is 36.0 Å². The molecule has 1 unspecified atom stereocenters. The first kappa shape index (κ1) is 20.5. The number of halogens is 2. The van der Waals surface area contributed by atoms with E-state index in [-0.39, 0.29) is 11.2 Å². The number of aromatic nitrogens is 2. The molecule has 3 rings (SSSR count). The Bertz CT molecular complexity index is 918. The second-order valence-corrected chi connectivity index (χ2v) is 10.2. The van der Waals surface area contributed by atoms with Gasteiger partial charge in [-0.3, -0.25) is 4.79 Å². The highest BCUT2D eigenvalue weighted by atomic mass is 35.5. The molecular formula is C18H15Cl2N3OS3. The van der Waals surface area contributed by atoms with Gasteiger partial charge in [-0.2, -0.15) is 0 Å². The van der Waals surface area contributed by atoms with Crippen LogP contribution in [0.25, 0.3) is 0 Å². The third-order valence-electron chi connectivity index (χ3n) is 3.40. The van der Waals surface area contributed by atoms with Crippen molar-refractivity contribution in [2.45, 2.75) is 26.6 Å². The van der Waals surface area contributed by atoms with E-state index in [9.17, 15) is 4.79 Å². The number of nitrogens with one attached hydrogen (secondary N) is 1. The van der Waals surface area contributed by atoms with E-state index in [0.29, 0.717) is 10.7 Å². The minimum absolute atomic E-state index is 0.104. The molecule has 0 spiro atoms. The molecular weight excluding hydrogens is 441 g/mol. The first-order valence-corrected chi connectivity index (χ1v) is 11.4. The van der Waals surface area contributed by atoms with Gasteiger partial charge in [-0.25, -0.2) is 0 Å². The van der Waals surface area contributed by atoms with Crippen LogP contribution in [0.3, 0.4) is 0 Å². The molecule has 0 aliphatic rings. The Hall–Kier alpha value is -1.25. The van der Waals surface area contributed by atoms with Crippen LogP contribution < -0.4 is 5.32 Å².